The predicted octanol–water partition coefficient (Wildman–Crippen LogP) is 2.77. The second-order valence-corrected chi connectivity index (χ2v) is 4.00. The molecule has 0 radical (unpaired) electrons. The highest BCUT2D eigenvalue weighted by Gasteiger charge is 1.99. The largest absolute Gasteiger partial charge is 0.487 e. The molecule has 0 saturated carbocycles. The van der Waals surface area contributed by atoms with Gasteiger partial charge in [0.1, 0.15) is 12.4 Å². The molecule has 3 heteroatoms. The summed E-state index contributed by atoms with van der Waals surface area (Å²) in [6.07, 6.45) is 0. The van der Waals surface area contributed by atoms with Crippen LogP contribution in [0.5, 0.6) is 5.75 Å². The maximum atomic E-state index is 5.67. The normalized spacial score (nSPS) is 10.3. The van der Waals surface area contributed by atoms with Crippen LogP contribution in [-0.2, 0) is 13.2 Å². The summed E-state index contributed by atoms with van der Waals surface area (Å²) in [6.45, 7) is 4.34. The minimum absolute atomic E-state index is 0.504. The number of hydrogen-bond donors (Lipinski definition) is 1. The molecule has 0 atom stereocenters. The van der Waals surface area contributed by atoms with Crippen molar-refractivity contribution in [3.63, 3.8) is 0 Å². The van der Waals surface area contributed by atoms with E-state index in [4.69, 9.17) is 4.74 Å². The molecule has 18 heavy (non-hydrogen) atoms. The van der Waals surface area contributed by atoms with E-state index < -0.39 is 0 Å². The first kappa shape index (κ1) is 12.6. The first-order valence-electron chi connectivity index (χ1n) is 6.22. The molecule has 3 nitrogen and oxygen atoms in total. The number of benzene rings is 1. The van der Waals surface area contributed by atoms with Crippen LogP contribution in [0, 0.1) is 0 Å². The Morgan fingerprint density at radius 3 is 2.56 bits per heavy atom. The van der Waals surface area contributed by atoms with Gasteiger partial charge in [0.05, 0.1) is 11.4 Å². The van der Waals surface area contributed by atoms with E-state index in [1.165, 1.54) is 0 Å². The molecule has 0 amide bonds. The van der Waals surface area contributed by atoms with Crippen LogP contribution in [0.25, 0.3) is 0 Å². The summed E-state index contributed by atoms with van der Waals surface area (Å²) >= 11 is 0. The molecule has 0 aliphatic heterocycles. The zero-order valence-electron chi connectivity index (χ0n) is 10.6. The van der Waals surface area contributed by atoms with Crippen molar-refractivity contribution < 1.29 is 4.74 Å². The molecule has 0 spiro atoms. The highest BCUT2D eigenvalue weighted by atomic mass is 16.5. The fourth-order valence-corrected chi connectivity index (χ4v) is 1.64. The van der Waals surface area contributed by atoms with Gasteiger partial charge in [-0.3, -0.25) is 4.98 Å². The molecule has 0 aliphatic carbocycles. The maximum absolute atomic E-state index is 5.67. The molecule has 94 valence electrons. The summed E-state index contributed by atoms with van der Waals surface area (Å²) in [5.74, 6) is 0.872. The Balaban J connectivity index is 1.93. The van der Waals surface area contributed by atoms with Crippen molar-refractivity contribution in [3.05, 3.63) is 59.9 Å². The summed E-state index contributed by atoms with van der Waals surface area (Å²) in [4.78, 5) is 4.54. The van der Waals surface area contributed by atoms with Gasteiger partial charge < -0.3 is 10.1 Å². The molecule has 1 aromatic carbocycles. The molecule has 0 fully saturated rings. The molecule has 0 unspecified atom stereocenters. The summed E-state index contributed by atoms with van der Waals surface area (Å²) in [5, 5.41) is 3.26. The average molecular weight is 242 g/mol. The molecule has 2 aromatic rings. The Labute approximate surface area is 108 Å². The Morgan fingerprint density at radius 2 is 1.78 bits per heavy atom. The highest BCUT2D eigenvalue weighted by Crippen LogP contribution is 2.10. The van der Waals surface area contributed by atoms with E-state index in [0.29, 0.717) is 6.61 Å². The number of aromatic nitrogens is 1. The molecule has 2 rings (SSSR count). The second kappa shape index (κ2) is 6.77. The van der Waals surface area contributed by atoms with Gasteiger partial charge in [-0.2, -0.15) is 0 Å². The smallest absolute Gasteiger partial charge is 0.130 e. The Morgan fingerprint density at radius 1 is 1.00 bits per heavy atom. The van der Waals surface area contributed by atoms with Crippen molar-refractivity contribution in [3.8, 4) is 5.75 Å². The average Bonchev–Trinajstić information content (AvgIpc) is 2.44. The van der Waals surface area contributed by atoms with Crippen LogP contribution in [-0.4, -0.2) is 11.5 Å². The van der Waals surface area contributed by atoms with E-state index in [0.717, 1.165) is 30.2 Å². The van der Waals surface area contributed by atoms with Crippen LogP contribution in [0.3, 0.4) is 0 Å². The Bertz CT molecular complexity index is 471. The molecule has 1 aromatic heterocycles. The minimum atomic E-state index is 0.504. The predicted molar refractivity (Wildman–Crippen MR) is 72.4 cm³/mol. The van der Waals surface area contributed by atoms with Gasteiger partial charge in [0.15, 0.2) is 0 Å². The zero-order chi connectivity index (χ0) is 12.6. The lowest BCUT2D eigenvalue weighted by Crippen LogP contribution is -2.13. The number of ether oxygens (including phenoxy) is 1. The quantitative estimate of drug-likeness (QED) is 0.845. The van der Waals surface area contributed by atoms with E-state index in [2.05, 4.69) is 17.2 Å². The van der Waals surface area contributed by atoms with Gasteiger partial charge in [0.25, 0.3) is 0 Å². The third-order valence-corrected chi connectivity index (χ3v) is 2.55. The topological polar surface area (TPSA) is 34.1 Å². The lowest BCUT2D eigenvalue weighted by molar-refractivity contribution is 0.301. The number of rotatable bonds is 6. The van der Waals surface area contributed by atoms with Crippen molar-refractivity contribution in [2.75, 3.05) is 6.54 Å². The van der Waals surface area contributed by atoms with E-state index in [1.807, 2.05) is 48.5 Å². The van der Waals surface area contributed by atoms with Gasteiger partial charge in [-0.05, 0) is 30.8 Å². The van der Waals surface area contributed by atoms with Crippen molar-refractivity contribution in [1.29, 1.82) is 0 Å². The van der Waals surface area contributed by atoms with E-state index in [9.17, 15) is 0 Å². The molecular formula is C15H18N2O. The lowest BCUT2D eigenvalue weighted by Gasteiger charge is -2.07. The number of nitrogens with zero attached hydrogens (tertiary/aromatic N) is 1. The van der Waals surface area contributed by atoms with Crippen LogP contribution in [0.4, 0.5) is 0 Å². The summed E-state index contributed by atoms with van der Waals surface area (Å²) in [7, 11) is 0. The molecule has 1 N–H and O–H groups in total. The van der Waals surface area contributed by atoms with Crippen molar-refractivity contribution in [2.24, 2.45) is 0 Å². The van der Waals surface area contributed by atoms with Gasteiger partial charge in [-0.15, -0.1) is 0 Å². The Kier molecular flexibility index (Phi) is 4.73. The number of nitrogens with one attached hydrogen (secondary N) is 1. The second-order valence-electron chi connectivity index (χ2n) is 4.00. The lowest BCUT2D eigenvalue weighted by atomic mass is 10.3. The first-order valence-corrected chi connectivity index (χ1v) is 6.22. The molecule has 1 heterocycles. The molecule has 0 aliphatic rings. The number of hydrogen-bond acceptors (Lipinski definition) is 3. The van der Waals surface area contributed by atoms with Crippen molar-refractivity contribution in [1.82, 2.24) is 10.3 Å². The SMILES string of the molecule is CCNCc1cccc(COc2ccccc2)n1. The van der Waals surface area contributed by atoms with Crippen LogP contribution >= 0.6 is 0 Å². The van der Waals surface area contributed by atoms with Gasteiger partial charge in [0.2, 0.25) is 0 Å². The fraction of sp³-hybridized carbons (Fsp3) is 0.267. The third-order valence-electron chi connectivity index (χ3n) is 2.55. The van der Waals surface area contributed by atoms with Gasteiger partial charge in [-0.1, -0.05) is 31.2 Å². The molecule has 0 bridgehead atoms. The van der Waals surface area contributed by atoms with Crippen molar-refractivity contribution >= 4 is 0 Å². The van der Waals surface area contributed by atoms with E-state index in [1.54, 1.807) is 0 Å². The first-order chi connectivity index (χ1) is 8.88. The number of pyridine rings is 1. The summed E-state index contributed by atoms with van der Waals surface area (Å²) in [6, 6.07) is 15.8. The van der Waals surface area contributed by atoms with Gasteiger partial charge >= 0.3 is 0 Å². The van der Waals surface area contributed by atoms with E-state index in [-0.39, 0.29) is 0 Å². The summed E-state index contributed by atoms with van der Waals surface area (Å²) in [5.41, 5.74) is 2.00. The van der Waals surface area contributed by atoms with Crippen LogP contribution in [0.1, 0.15) is 18.3 Å². The van der Waals surface area contributed by atoms with Crippen LogP contribution in [0.15, 0.2) is 48.5 Å². The minimum Gasteiger partial charge on any atom is -0.487 e. The maximum Gasteiger partial charge on any atom is 0.130 e. The fourth-order valence-electron chi connectivity index (χ4n) is 1.64. The highest BCUT2D eigenvalue weighted by molar-refractivity contribution is 5.21. The third kappa shape index (κ3) is 3.86. The Hall–Kier alpha value is -1.87. The van der Waals surface area contributed by atoms with Crippen molar-refractivity contribution in [2.45, 2.75) is 20.1 Å². The van der Waals surface area contributed by atoms with Crippen LogP contribution in [0.2, 0.25) is 0 Å². The molecular weight excluding hydrogens is 224 g/mol. The van der Waals surface area contributed by atoms with Crippen LogP contribution < -0.4 is 10.1 Å². The van der Waals surface area contributed by atoms with Gasteiger partial charge in [0, 0.05) is 6.54 Å². The number of para-hydroxylation sites is 1. The molecule has 0 saturated heterocycles. The standard InChI is InChI=1S/C15H18N2O/c1-2-16-11-13-7-6-8-14(17-13)12-18-15-9-4-3-5-10-15/h3-10,16H,2,11-12H2,1H3. The monoisotopic (exact) mass is 242 g/mol. The van der Waals surface area contributed by atoms with E-state index >= 15 is 0 Å². The van der Waals surface area contributed by atoms with Gasteiger partial charge in [-0.25, -0.2) is 0 Å². The summed E-state index contributed by atoms with van der Waals surface area (Å²) < 4.78 is 5.67. The zero-order valence-corrected chi connectivity index (χ0v) is 10.6.